The molecule has 2 N–H and O–H groups in total. The van der Waals surface area contributed by atoms with Gasteiger partial charge in [0.1, 0.15) is 13.2 Å². The Morgan fingerprint density at radius 1 is 0.542 bits per heavy atom. The van der Waals surface area contributed by atoms with Crippen LogP contribution in [-0.4, -0.2) is 97.0 Å². The van der Waals surface area contributed by atoms with Crippen molar-refractivity contribution in [3.05, 3.63) is 48.6 Å². The molecule has 0 saturated carbocycles. The zero-order valence-electron chi connectivity index (χ0n) is 37.9. The van der Waals surface area contributed by atoms with Crippen molar-refractivity contribution in [2.24, 2.45) is 11.8 Å². The highest BCUT2D eigenvalue weighted by Gasteiger charge is 2.33. The first kappa shape index (κ1) is 54.3. The minimum absolute atomic E-state index is 0.0849. The van der Waals surface area contributed by atoms with Crippen LogP contribution < -0.4 is 0 Å². The summed E-state index contributed by atoms with van der Waals surface area (Å²) in [6.07, 6.45) is 44.9. The average Bonchev–Trinajstić information content (AvgIpc) is 3.60. The van der Waals surface area contributed by atoms with Crippen LogP contribution >= 0.6 is 0 Å². The van der Waals surface area contributed by atoms with Crippen molar-refractivity contribution in [1.82, 2.24) is 9.80 Å². The molecule has 1 fully saturated rings. The molecule has 0 bridgehead atoms. The molecule has 340 valence electrons. The van der Waals surface area contributed by atoms with Gasteiger partial charge in [0.2, 0.25) is 5.91 Å². The minimum atomic E-state index is -0.245. The third-order valence-corrected chi connectivity index (χ3v) is 11.3. The van der Waals surface area contributed by atoms with E-state index in [1.807, 2.05) is 0 Å². The quantitative estimate of drug-likeness (QED) is 0.0356. The Bertz CT molecular complexity index is 1060. The average molecular weight is 829 g/mol. The monoisotopic (exact) mass is 829 g/mol. The van der Waals surface area contributed by atoms with Gasteiger partial charge in [-0.25, -0.2) is 0 Å². The molecule has 1 heterocycles. The van der Waals surface area contributed by atoms with Crippen molar-refractivity contribution in [2.75, 3.05) is 59.2 Å². The Hall–Kier alpha value is -2.75. The molecule has 0 radical (unpaired) electrons. The maximum Gasteiger partial charge on any atom is 0.305 e. The lowest BCUT2D eigenvalue weighted by Crippen LogP contribution is -2.43. The number of ether oxygens (including phenoxy) is 2. The van der Waals surface area contributed by atoms with Crippen molar-refractivity contribution in [2.45, 2.75) is 181 Å². The predicted octanol–water partition coefficient (Wildman–Crippen LogP) is 10.8. The maximum atomic E-state index is 13.5. The van der Waals surface area contributed by atoms with Crippen LogP contribution in [0.15, 0.2) is 48.6 Å². The predicted molar refractivity (Wildman–Crippen MR) is 244 cm³/mol. The summed E-state index contributed by atoms with van der Waals surface area (Å²) in [7, 11) is 0. The van der Waals surface area contributed by atoms with Crippen molar-refractivity contribution in [3.8, 4) is 0 Å². The molecule has 0 spiro atoms. The zero-order valence-corrected chi connectivity index (χ0v) is 37.9. The van der Waals surface area contributed by atoms with E-state index < -0.39 is 0 Å². The maximum absolute atomic E-state index is 13.5. The number of aliphatic hydroxyl groups excluding tert-OH is 2. The number of aliphatic hydroxyl groups is 2. The van der Waals surface area contributed by atoms with Crippen LogP contribution in [0.3, 0.4) is 0 Å². The molecule has 9 heteroatoms. The molecule has 59 heavy (non-hydrogen) atoms. The number of esters is 2. The van der Waals surface area contributed by atoms with Crippen molar-refractivity contribution in [3.63, 3.8) is 0 Å². The molecule has 1 unspecified atom stereocenters. The standard InChI is InChI=1S/C50H88N2O7/c1-3-5-7-9-11-13-15-17-19-21-23-25-27-29-31-33-49(56)58-41-37-52(48(55)45-51-43-46(35-39-53)47(44-51)36-40-54)38-42-59-50(57)34-32-30-28-26-24-22-20-18-16-14-12-10-8-6-4-2/h11-14,17-20,46-47,53-54H,3-10,15-16,21-45H2,1-2H3/b13-11-,14-12-,19-17-,20-18-/t46-,47?/m0/s1. The van der Waals surface area contributed by atoms with E-state index in [0.717, 1.165) is 89.9 Å². The molecule has 1 rings (SSSR count). The first-order valence-electron chi connectivity index (χ1n) is 24.1. The number of nitrogens with zero attached hydrogens (tertiary/aromatic N) is 2. The van der Waals surface area contributed by atoms with Crippen molar-refractivity contribution >= 4 is 17.8 Å². The third kappa shape index (κ3) is 32.7. The minimum Gasteiger partial charge on any atom is -0.464 e. The molecule has 9 nitrogen and oxygen atoms in total. The molecule has 2 atom stereocenters. The topological polar surface area (TPSA) is 117 Å². The van der Waals surface area contributed by atoms with Crippen LogP contribution in [0, 0.1) is 11.8 Å². The van der Waals surface area contributed by atoms with Crippen LogP contribution in [0.2, 0.25) is 0 Å². The first-order valence-corrected chi connectivity index (χ1v) is 24.1. The number of amides is 1. The van der Waals surface area contributed by atoms with E-state index in [1.54, 1.807) is 4.90 Å². The van der Waals surface area contributed by atoms with Gasteiger partial charge >= 0.3 is 11.9 Å². The van der Waals surface area contributed by atoms with Gasteiger partial charge in [0.15, 0.2) is 0 Å². The van der Waals surface area contributed by atoms with Crippen LogP contribution in [0.1, 0.15) is 181 Å². The van der Waals surface area contributed by atoms with Crippen molar-refractivity contribution < 1.29 is 34.1 Å². The smallest absolute Gasteiger partial charge is 0.305 e. The van der Waals surface area contributed by atoms with E-state index in [2.05, 4.69) is 67.4 Å². The Labute approximate surface area is 361 Å². The van der Waals surface area contributed by atoms with E-state index in [4.69, 9.17) is 9.47 Å². The fraction of sp³-hybridized carbons (Fsp3) is 0.780. The summed E-state index contributed by atoms with van der Waals surface area (Å²) in [4.78, 5) is 42.3. The number of unbranched alkanes of at least 4 members (excludes halogenated alkanes) is 16. The SMILES string of the molecule is CCCCC/C=C\C/C=C\CCCCCCCC(=O)OCCN(CCOC(=O)CCCCCCC/C=C\C/C=C\CCCCC)C(=O)CN1CC(CCO)[C@@H](CCO)C1. The van der Waals surface area contributed by atoms with Crippen LogP contribution in [0.5, 0.6) is 0 Å². The lowest BCUT2D eigenvalue weighted by molar-refractivity contribution is -0.148. The molecule has 0 aromatic carbocycles. The van der Waals surface area contributed by atoms with Gasteiger partial charge in [-0.1, -0.05) is 127 Å². The molecule has 1 saturated heterocycles. The lowest BCUT2D eigenvalue weighted by Gasteiger charge is -2.25. The summed E-state index contributed by atoms with van der Waals surface area (Å²) < 4.78 is 11.1. The van der Waals surface area contributed by atoms with E-state index in [-0.39, 0.29) is 75.7 Å². The fourth-order valence-corrected chi connectivity index (χ4v) is 7.65. The molecular weight excluding hydrogens is 741 g/mol. The van der Waals surface area contributed by atoms with E-state index in [0.29, 0.717) is 38.8 Å². The Balaban J connectivity index is 2.36. The van der Waals surface area contributed by atoms with Gasteiger partial charge < -0.3 is 24.6 Å². The second-order valence-electron chi connectivity index (χ2n) is 16.5. The summed E-state index contributed by atoms with van der Waals surface area (Å²) in [5, 5.41) is 19.1. The number of carbonyl (C=O) groups is 3. The molecule has 1 amide bonds. The van der Waals surface area contributed by atoms with Gasteiger partial charge in [0, 0.05) is 39.1 Å². The Morgan fingerprint density at radius 3 is 1.31 bits per heavy atom. The summed E-state index contributed by atoms with van der Waals surface area (Å²) in [6.45, 7) is 6.90. The number of rotatable bonds is 40. The molecule has 0 aromatic heterocycles. The van der Waals surface area contributed by atoms with Crippen LogP contribution in [0.4, 0.5) is 0 Å². The largest absolute Gasteiger partial charge is 0.464 e. The highest BCUT2D eigenvalue weighted by molar-refractivity contribution is 5.78. The van der Waals surface area contributed by atoms with Gasteiger partial charge in [-0.05, 0) is 102 Å². The van der Waals surface area contributed by atoms with Gasteiger partial charge in [-0.15, -0.1) is 0 Å². The number of likely N-dealkylation sites (tertiary alicyclic amines) is 1. The highest BCUT2D eigenvalue weighted by Crippen LogP contribution is 2.28. The second kappa shape index (κ2) is 40.6. The lowest BCUT2D eigenvalue weighted by atomic mass is 9.91. The van der Waals surface area contributed by atoms with Crippen LogP contribution in [-0.2, 0) is 23.9 Å². The van der Waals surface area contributed by atoms with Gasteiger partial charge in [-0.2, -0.15) is 0 Å². The first-order chi connectivity index (χ1) is 28.9. The van der Waals surface area contributed by atoms with E-state index in [9.17, 15) is 24.6 Å². The normalized spacial score (nSPS) is 16.1. The Morgan fingerprint density at radius 2 is 0.915 bits per heavy atom. The Kier molecular flexibility index (Phi) is 37.4. The molecule has 1 aliphatic heterocycles. The number of hydrogen-bond acceptors (Lipinski definition) is 8. The number of hydrogen-bond donors (Lipinski definition) is 2. The molecule has 0 aliphatic carbocycles. The van der Waals surface area contributed by atoms with Gasteiger partial charge in [0.25, 0.3) is 0 Å². The highest BCUT2D eigenvalue weighted by atomic mass is 16.5. The number of allylic oxidation sites excluding steroid dienone is 8. The number of carbonyl (C=O) groups excluding carboxylic acids is 3. The summed E-state index contributed by atoms with van der Waals surface area (Å²) in [5.74, 6) is -0.125. The van der Waals surface area contributed by atoms with Crippen LogP contribution in [0.25, 0.3) is 0 Å². The zero-order chi connectivity index (χ0) is 42.9. The van der Waals surface area contributed by atoms with Gasteiger partial charge in [-0.3, -0.25) is 19.3 Å². The third-order valence-electron chi connectivity index (χ3n) is 11.3. The second-order valence-corrected chi connectivity index (χ2v) is 16.5. The van der Waals surface area contributed by atoms with E-state index >= 15 is 0 Å². The van der Waals surface area contributed by atoms with Gasteiger partial charge in [0.05, 0.1) is 19.6 Å². The summed E-state index contributed by atoms with van der Waals surface area (Å²) >= 11 is 0. The summed E-state index contributed by atoms with van der Waals surface area (Å²) in [6, 6.07) is 0. The molecular formula is C50H88N2O7. The molecule has 0 aromatic rings. The van der Waals surface area contributed by atoms with Crippen molar-refractivity contribution in [1.29, 1.82) is 0 Å². The van der Waals surface area contributed by atoms with E-state index in [1.165, 1.54) is 51.4 Å². The summed E-state index contributed by atoms with van der Waals surface area (Å²) in [5.41, 5.74) is 0. The molecule has 1 aliphatic rings. The fourth-order valence-electron chi connectivity index (χ4n) is 7.65.